The van der Waals surface area contributed by atoms with Gasteiger partial charge in [-0.2, -0.15) is 0 Å². The van der Waals surface area contributed by atoms with Crippen molar-refractivity contribution in [2.24, 2.45) is 11.1 Å². The number of carboxylic acid groups (broad SMARTS) is 2. The lowest BCUT2D eigenvalue weighted by Crippen LogP contribution is -2.59. The van der Waals surface area contributed by atoms with E-state index < -0.39 is 170 Å². The molecule has 2 aromatic carbocycles. The number of carbonyl (C=O) groups is 10. The number of primary amides is 1. The highest BCUT2D eigenvalue weighted by atomic mass is 19.1. The number of aliphatic carboxylic acids is 2. The summed E-state index contributed by atoms with van der Waals surface area (Å²) in [6, 6.07) is 4.50. The molecular formula is C58H83F2N11O14. The van der Waals surface area contributed by atoms with Crippen LogP contribution in [0.15, 0.2) is 60.8 Å². The molecule has 8 amide bonds. The van der Waals surface area contributed by atoms with E-state index in [4.69, 9.17) is 15.6 Å². The summed E-state index contributed by atoms with van der Waals surface area (Å²) in [7, 11) is 0. The Morgan fingerprint density at radius 3 is 1.94 bits per heavy atom. The van der Waals surface area contributed by atoms with Gasteiger partial charge in [-0.05, 0) is 88.2 Å². The van der Waals surface area contributed by atoms with E-state index in [9.17, 15) is 62.5 Å². The number of rotatable bonds is 36. The van der Waals surface area contributed by atoms with Crippen molar-refractivity contribution in [2.75, 3.05) is 26.2 Å². The monoisotopic (exact) mass is 1200 g/mol. The molecule has 468 valence electrons. The number of unbranched alkanes of at least 4 members (excludes halogenated alkanes) is 1. The Balaban J connectivity index is 1.63. The van der Waals surface area contributed by atoms with Crippen molar-refractivity contribution in [3.8, 4) is 11.1 Å². The van der Waals surface area contributed by atoms with E-state index in [-0.39, 0.29) is 36.0 Å². The maximum absolute atomic E-state index is 15.4. The van der Waals surface area contributed by atoms with Crippen LogP contribution in [0.3, 0.4) is 0 Å². The van der Waals surface area contributed by atoms with Gasteiger partial charge in [-0.25, -0.2) is 13.6 Å². The van der Waals surface area contributed by atoms with Crippen molar-refractivity contribution >= 4 is 59.2 Å². The predicted octanol–water partition coefficient (Wildman–Crippen LogP) is 1.45. The average Bonchev–Trinajstić information content (AvgIpc) is 3.03. The van der Waals surface area contributed by atoms with Gasteiger partial charge in [0.15, 0.2) is 0 Å². The number of amides is 8. The van der Waals surface area contributed by atoms with Crippen LogP contribution in [0.25, 0.3) is 11.1 Å². The number of nitrogens with one attached hydrogen (secondary N) is 8. The topological polar surface area (TPSA) is 374 Å². The Morgan fingerprint density at radius 1 is 0.729 bits per heavy atom. The number of carboxylic acids is 2. The summed E-state index contributed by atoms with van der Waals surface area (Å²) in [4.78, 5) is 133. The van der Waals surface area contributed by atoms with Crippen molar-refractivity contribution in [1.82, 2.24) is 52.0 Å². The molecule has 3 aromatic rings. The van der Waals surface area contributed by atoms with Crippen LogP contribution in [0.2, 0.25) is 0 Å². The Labute approximate surface area is 492 Å². The number of hydrogen-bond acceptors (Lipinski definition) is 14. The molecule has 0 aliphatic carbocycles. The van der Waals surface area contributed by atoms with Crippen LogP contribution in [0.4, 0.5) is 8.78 Å². The lowest BCUT2D eigenvalue weighted by molar-refractivity contribution is -0.143. The third-order valence-electron chi connectivity index (χ3n) is 13.9. The molecule has 0 radical (unpaired) electrons. The molecule has 1 aromatic heterocycles. The fourth-order valence-corrected chi connectivity index (χ4v) is 9.33. The smallest absolute Gasteiger partial charge is 0.326 e. The van der Waals surface area contributed by atoms with Crippen molar-refractivity contribution in [1.29, 1.82) is 0 Å². The normalized spacial score (nSPS) is 16.3. The third-order valence-corrected chi connectivity index (χ3v) is 13.9. The Hall–Kier alpha value is -7.88. The second kappa shape index (κ2) is 33.0. The molecule has 1 saturated heterocycles. The van der Waals surface area contributed by atoms with Crippen LogP contribution in [0.5, 0.6) is 0 Å². The predicted molar refractivity (Wildman–Crippen MR) is 306 cm³/mol. The minimum atomic E-state index is -1.81. The zero-order chi connectivity index (χ0) is 63.3. The molecular weight excluding hydrogens is 1110 g/mol. The molecule has 0 bridgehead atoms. The van der Waals surface area contributed by atoms with E-state index in [0.717, 1.165) is 36.7 Å². The van der Waals surface area contributed by atoms with Gasteiger partial charge in [0.05, 0.1) is 24.6 Å². The third kappa shape index (κ3) is 22.9. The van der Waals surface area contributed by atoms with Gasteiger partial charge in [0.2, 0.25) is 47.3 Å². The lowest BCUT2D eigenvalue weighted by atomic mass is 9.82. The summed E-state index contributed by atoms with van der Waals surface area (Å²) in [5.74, 6) is -11.6. The number of hydrogen-bond donors (Lipinski definition) is 12. The van der Waals surface area contributed by atoms with E-state index in [1.807, 2.05) is 32.9 Å². The van der Waals surface area contributed by atoms with E-state index in [2.05, 4.69) is 42.5 Å². The van der Waals surface area contributed by atoms with Gasteiger partial charge in [0, 0.05) is 61.5 Å². The number of halogens is 2. The number of aliphatic hydroxyl groups excluding tert-OH is 1. The molecule has 0 saturated carbocycles. The second-order valence-electron chi connectivity index (χ2n) is 22.5. The highest BCUT2D eigenvalue weighted by Crippen LogP contribution is 2.41. The summed E-state index contributed by atoms with van der Waals surface area (Å²) < 4.78 is 37.3. The number of benzene rings is 2. The molecule has 2 unspecified atom stereocenters. The first-order valence-electron chi connectivity index (χ1n) is 28.3. The molecule has 9 atom stereocenters. The number of epoxide rings is 1. The molecule has 85 heavy (non-hydrogen) atoms. The van der Waals surface area contributed by atoms with Gasteiger partial charge in [-0.15, -0.1) is 0 Å². The van der Waals surface area contributed by atoms with Crippen LogP contribution < -0.4 is 48.3 Å². The molecule has 2 heterocycles. The number of aliphatic hydroxyl groups is 1. The summed E-state index contributed by atoms with van der Waals surface area (Å²) in [6.07, 6.45) is 0.136. The lowest BCUT2D eigenvalue weighted by Gasteiger charge is -2.41. The van der Waals surface area contributed by atoms with Gasteiger partial charge in [-0.1, -0.05) is 71.4 Å². The van der Waals surface area contributed by atoms with Crippen LogP contribution >= 0.6 is 0 Å². The summed E-state index contributed by atoms with van der Waals surface area (Å²) in [6.45, 7) is 12.8. The van der Waals surface area contributed by atoms with Crippen LogP contribution in [-0.4, -0.2) is 165 Å². The number of carbonyl (C=O) groups excluding carboxylic acids is 8. The van der Waals surface area contributed by atoms with Crippen LogP contribution in [0, 0.1) is 17.0 Å². The Morgan fingerprint density at radius 2 is 1.35 bits per heavy atom. The maximum Gasteiger partial charge on any atom is 0.326 e. The first-order valence-corrected chi connectivity index (χ1v) is 28.3. The van der Waals surface area contributed by atoms with Crippen molar-refractivity contribution in [2.45, 2.75) is 174 Å². The Bertz CT molecular complexity index is 2810. The molecule has 0 spiro atoms. The second-order valence-corrected chi connectivity index (χ2v) is 22.5. The average molecular weight is 1200 g/mol. The zero-order valence-corrected chi connectivity index (χ0v) is 49.3. The summed E-state index contributed by atoms with van der Waals surface area (Å²) in [5.41, 5.74) is 5.93. The van der Waals surface area contributed by atoms with Crippen LogP contribution in [0.1, 0.15) is 124 Å². The SMILES string of the molecule is CC(C)NCCCC[C@H](NC1OC1C)C(=O)N[C@@H](C)C(=O)N[C@H](C)C(=O)N[C@@H](CC(N)=O)C(=O)N[C@@H](CCN(C(=O)CO)[C@@H](c1cc(-c2cc(F)ccc2F)cn1Cc1ccccc1)C(C)(C)C)C(=O)NCCC(=O)N[C@H](CCC(=O)O)C(=O)O. The van der Waals surface area contributed by atoms with Gasteiger partial charge in [0.1, 0.15) is 54.7 Å². The van der Waals surface area contributed by atoms with Crippen molar-refractivity contribution in [3.05, 3.63) is 83.7 Å². The highest BCUT2D eigenvalue weighted by Gasteiger charge is 2.40. The largest absolute Gasteiger partial charge is 0.481 e. The highest BCUT2D eigenvalue weighted by molar-refractivity contribution is 5.97. The van der Waals surface area contributed by atoms with Gasteiger partial charge < -0.3 is 72.5 Å². The first kappa shape index (κ1) is 69.6. The molecule has 25 nitrogen and oxygen atoms in total. The number of nitrogens with two attached hydrogens (primary N) is 1. The quantitative estimate of drug-likeness (QED) is 0.0290. The van der Waals surface area contributed by atoms with Crippen molar-refractivity contribution < 1.29 is 76.8 Å². The zero-order valence-electron chi connectivity index (χ0n) is 49.3. The van der Waals surface area contributed by atoms with E-state index in [1.54, 1.807) is 55.8 Å². The minimum absolute atomic E-state index is 0.0897. The summed E-state index contributed by atoms with van der Waals surface area (Å²) >= 11 is 0. The molecule has 13 N–H and O–H groups in total. The number of nitrogens with zero attached hydrogens (tertiary/aromatic N) is 2. The van der Waals surface area contributed by atoms with Gasteiger partial charge in [0.25, 0.3) is 0 Å². The fraction of sp³-hybridized carbons (Fsp3) is 0.552. The van der Waals surface area contributed by atoms with E-state index in [1.165, 1.54) is 18.7 Å². The standard InChI is InChI=1S/C58H83F2N11O14/c1-32(2)62-23-13-12-16-41(69-56-35(5)85-56)54(81)65-33(3)51(78)64-34(4)52(79)68-44(28-46(61)73)55(82)67-42(53(80)63-24-21-47(74)66-43(57(83)84)19-20-49(76)77)22-25-71(48(75)31-72)50(58(6,7)8)45-26-37(39-27-38(59)17-18-40(39)60)30-70(45)29-36-14-10-9-11-15-36/h9-11,14-15,17-18,26-27,30,32-35,41-44,50,56,62,69,72H,12-13,16,19-25,28-29,31H2,1-8H3,(H2,61,73)(H,63,80)(H,64,78)(H,65,81)(H,66,74)(H,67,82)(H,68,79)(H,76,77)(H,83,84)/t33-,34+,35?,41-,42-,43+,44-,50-,56?/m0/s1. The number of ether oxygens (including phenoxy) is 1. The van der Waals surface area contributed by atoms with Gasteiger partial charge >= 0.3 is 11.9 Å². The Kier molecular flexibility index (Phi) is 27.0. The molecule has 1 fully saturated rings. The molecule has 27 heteroatoms. The summed E-state index contributed by atoms with van der Waals surface area (Å²) in [5, 5.41) is 50.2. The van der Waals surface area contributed by atoms with E-state index >= 15 is 4.39 Å². The first-order chi connectivity index (χ1) is 40.0. The van der Waals surface area contributed by atoms with Gasteiger partial charge in [-0.3, -0.25) is 48.5 Å². The fourth-order valence-electron chi connectivity index (χ4n) is 9.33. The maximum atomic E-state index is 15.4. The molecule has 1 aliphatic rings. The van der Waals surface area contributed by atoms with E-state index in [0.29, 0.717) is 18.5 Å². The minimum Gasteiger partial charge on any atom is -0.481 e. The number of aromatic nitrogens is 1. The molecule has 4 rings (SSSR count). The van der Waals surface area contributed by atoms with Crippen LogP contribution in [-0.2, 0) is 59.2 Å². The van der Waals surface area contributed by atoms with Crippen molar-refractivity contribution in [3.63, 3.8) is 0 Å². The molecule has 1 aliphatic heterocycles.